The first-order valence-corrected chi connectivity index (χ1v) is 11.9. The summed E-state index contributed by atoms with van der Waals surface area (Å²) in [7, 11) is 0. The summed E-state index contributed by atoms with van der Waals surface area (Å²) in [4.78, 5) is 18.6. The van der Waals surface area contributed by atoms with E-state index in [1.165, 1.54) is 12.1 Å². The number of pyridine rings is 1. The molecular formula is C25H28ClFN2O3. The van der Waals surface area contributed by atoms with E-state index in [4.69, 9.17) is 21.3 Å². The van der Waals surface area contributed by atoms with Crippen LogP contribution in [0.4, 0.5) is 4.39 Å². The van der Waals surface area contributed by atoms with Crippen molar-refractivity contribution in [3.8, 4) is 5.75 Å². The molecule has 1 aliphatic heterocycles. The van der Waals surface area contributed by atoms with E-state index < -0.39 is 11.8 Å². The summed E-state index contributed by atoms with van der Waals surface area (Å²) in [5, 5.41) is 10.0. The molecule has 32 heavy (non-hydrogen) atoms. The monoisotopic (exact) mass is 458 g/mol. The lowest BCUT2D eigenvalue weighted by atomic mass is 10.0. The van der Waals surface area contributed by atoms with Crippen molar-refractivity contribution in [1.29, 1.82) is 0 Å². The largest absolute Gasteiger partial charge is 0.489 e. The standard InChI is InChI=1S/C25H28ClFN2O3/c1-14(22-9-8-20(26)24(28-22)16-6-7-16)29-10-2-3-17(13-29)32-23-12-21(27)19(25(30)31)11-18(23)15-4-5-15/h8-9,11-12,14-17H,2-7,10,13H2,1H3,(H,30,31). The SMILES string of the molecule is CC(c1ccc(Cl)c(C2CC2)n1)N1CCCC(Oc2cc(F)c(C(=O)O)cc2C2CC2)C1. The molecular weight excluding hydrogens is 431 g/mol. The van der Waals surface area contributed by atoms with Crippen molar-refractivity contribution in [2.24, 2.45) is 0 Å². The second-order valence-corrected chi connectivity index (χ2v) is 9.79. The molecule has 1 saturated heterocycles. The number of hydrogen-bond donors (Lipinski definition) is 1. The van der Waals surface area contributed by atoms with Crippen molar-refractivity contribution in [3.63, 3.8) is 0 Å². The Hall–Kier alpha value is -2.18. The number of halogens is 2. The average Bonchev–Trinajstić information content (AvgIpc) is 3.67. The molecule has 1 aromatic heterocycles. The van der Waals surface area contributed by atoms with Crippen molar-refractivity contribution in [3.05, 3.63) is 57.6 Å². The van der Waals surface area contributed by atoms with Gasteiger partial charge in [0, 0.05) is 24.6 Å². The quantitative estimate of drug-likeness (QED) is 0.557. The van der Waals surface area contributed by atoms with Crippen LogP contribution >= 0.6 is 11.6 Å². The Labute approximate surface area is 192 Å². The highest BCUT2D eigenvalue weighted by molar-refractivity contribution is 6.31. The number of nitrogens with zero attached hydrogens (tertiary/aromatic N) is 2. The molecule has 2 unspecified atom stereocenters. The average molecular weight is 459 g/mol. The van der Waals surface area contributed by atoms with Gasteiger partial charge in [-0.25, -0.2) is 9.18 Å². The lowest BCUT2D eigenvalue weighted by Gasteiger charge is -2.37. The Morgan fingerprint density at radius 3 is 2.66 bits per heavy atom. The van der Waals surface area contributed by atoms with Crippen LogP contribution < -0.4 is 4.74 Å². The fourth-order valence-electron chi connectivity index (χ4n) is 4.68. The molecule has 7 heteroatoms. The van der Waals surface area contributed by atoms with Crippen molar-refractivity contribution in [2.45, 2.75) is 69.4 Å². The van der Waals surface area contributed by atoms with Crippen LogP contribution in [-0.2, 0) is 0 Å². The Morgan fingerprint density at radius 2 is 1.97 bits per heavy atom. The van der Waals surface area contributed by atoms with Crippen molar-refractivity contribution in [2.75, 3.05) is 13.1 Å². The van der Waals surface area contributed by atoms with Gasteiger partial charge in [0.25, 0.3) is 0 Å². The summed E-state index contributed by atoms with van der Waals surface area (Å²) < 4.78 is 20.7. The third-order valence-electron chi connectivity index (χ3n) is 6.88. The first-order valence-electron chi connectivity index (χ1n) is 11.5. The van der Waals surface area contributed by atoms with Crippen LogP contribution in [0.1, 0.15) is 90.6 Å². The predicted molar refractivity (Wildman–Crippen MR) is 120 cm³/mol. The van der Waals surface area contributed by atoms with Crippen LogP contribution in [-0.4, -0.2) is 40.2 Å². The molecule has 2 heterocycles. The highest BCUT2D eigenvalue weighted by atomic mass is 35.5. The van der Waals surface area contributed by atoms with Gasteiger partial charge < -0.3 is 9.84 Å². The number of piperidine rings is 1. The maximum Gasteiger partial charge on any atom is 0.338 e. The Kier molecular flexibility index (Phi) is 5.84. The van der Waals surface area contributed by atoms with E-state index in [1.807, 2.05) is 12.1 Å². The van der Waals surface area contributed by atoms with Crippen LogP contribution in [0.2, 0.25) is 5.02 Å². The molecule has 5 rings (SSSR count). The van der Waals surface area contributed by atoms with Gasteiger partial charge in [-0.3, -0.25) is 9.88 Å². The fraction of sp³-hybridized carbons (Fsp3) is 0.520. The smallest absolute Gasteiger partial charge is 0.338 e. The molecule has 2 atom stereocenters. The van der Waals surface area contributed by atoms with Gasteiger partial charge in [0.1, 0.15) is 17.7 Å². The van der Waals surface area contributed by atoms with Gasteiger partial charge in [0.05, 0.1) is 22.0 Å². The van der Waals surface area contributed by atoms with Crippen LogP contribution in [0.5, 0.6) is 5.75 Å². The number of carboxylic acid groups (broad SMARTS) is 1. The van der Waals surface area contributed by atoms with Gasteiger partial charge in [-0.1, -0.05) is 11.6 Å². The fourth-order valence-corrected chi connectivity index (χ4v) is 4.94. The molecule has 0 radical (unpaired) electrons. The van der Waals surface area contributed by atoms with E-state index in [-0.39, 0.29) is 23.6 Å². The molecule has 0 bridgehead atoms. The summed E-state index contributed by atoms with van der Waals surface area (Å²) in [6.07, 6.45) is 6.08. The molecule has 1 N–H and O–H groups in total. The minimum atomic E-state index is -1.24. The summed E-state index contributed by atoms with van der Waals surface area (Å²) in [5.41, 5.74) is 2.58. The third-order valence-corrected chi connectivity index (χ3v) is 7.20. The summed E-state index contributed by atoms with van der Waals surface area (Å²) in [6, 6.07) is 6.83. The van der Waals surface area contributed by atoms with Gasteiger partial charge in [0.15, 0.2) is 0 Å². The molecule has 3 fully saturated rings. The highest BCUT2D eigenvalue weighted by Gasteiger charge is 2.33. The first-order chi connectivity index (χ1) is 15.4. The molecule has 5 nitrogen and oxygen atoms in total. The number of ether oxygens (including phenoxy) is 1. The van der Waals surface area contributed by atoms with Gasteiger partial charge in [-0.05, 0) is 81.7 Å². The van der Waals surface area contributed by atoms with E-state index in [9.17, 15) is 14.3 Å². The van der Waals surface area contributed by atoms with Gasteiger partial charge in [-0.2, -0.15) is 0 Å². The molecule has 0 amide bonds. The number of aromatic nitrogens is 1. The lowest BCUT2D eigenvalue weighted by molar-refractivity contribution is 0.0636. The lowest BCUT2D eigenvalue weighted by Crippen LogP contribution is -2.42. The number of rotatable bonds is 7. The van der Waals surface area contributed by atoms with Crippen LogP contribution in [0.3, 0.4) is 0 Å². The number of hydrogen-bond acceptors (Lipinski definition) is 4. The Balaban J connectivity index is 1.32. The Bertz CT molecular complexity index is 1040. The maximum atomic E-state index is 14.4. The molecule has 2 aliphatic carbocycles. The van der Waals surface area contributed by atoms with Gasteiger partial charge in [-0.15, -0.1) is 0 Å². The summed E-state index contributed by atoms with van der Waals surface area (Å²) >= 11 is 6.36. The van der Waals surface area contributed by atoms with Gasteiger partial charge >= 0.3 is 5.97 Å². The molecule has 3 aliphatic rings. The zero-order valence-electron chi connectivity index (χ0n) is 18.2. The normalized spacial score (nSPS) is 22.5. The maximum absolute atomic E-state index is 14.4. The van der Waals surface area contributed by atoms with E-state index >= 15 is 0 Å². The molecule has 0 spiro atoms. The Morgan fingerprint density at radius 1 is 1.22 bits per heavy atom. The van der Waals surface area contributed by atoms with E-state index in [0.717, 1.165) is 73.6 Å². The summed E-state index contributed by atoms with van der Waals surface area (Å²) in [5.74, 6) is -0.723. The molecule has 2 aromatic rings. The minimum Gasteiger partial charge on any atom is -0.489 e. The van der Waals surface area contributed by atoms with E-state index in [2.05, 4.69) is 11.8 Å². The minimum absolute atomic E-state index is 0.0750. The topological polar surface area (TPSA) is 62.7 Å². The second-order valence-electron chi connectivity index (χ2n) is 9.38. The summed E-state index contributed by atoms with van der Waals surface area (Å²) in [6.45, 7) is 3.83. The van der Waals surface area contributed by atoms with E-state index in [0.29, 0.717) is 11.7 Å². The molecule has 1 aromatic carbocycles. The second kappa shape index (κ2) is 8.64. The number of benzene rings is 1. The van der Waals surface area contributed by atoms with Crippen molar-refractivity contribution < 1.29 is 19.0 Å². The zero-order chi connectivity index (χ0) is 22.4. The van der Waals surface area contributed by atoms with Crippen LogP contribution in [0.15, 0.2) is 24.3 Å². The van der Waals surface area contributed by atoms with Crippen LogP contribution in [0.25, 0.3) is 0 Å². The third kappa shape index (κ3) is 4.48. The predicted octanol–water partition coefficient (Wildman–Crippen LogP) is 5.93. The van der Waals surface area contributed by atoms with E-state index in [1.54, 1.807) is 0 Å². The number of likely N-dealkylation sites (tertiary alicyclic amines) is 1. The first kappa shape index (κ1) is 21.7. The zero-order valence-corrected chi connectivity index (χ0v) is 18.9. The van der Waals surface area contributed by atoms with Crippen molar-refractivity contribution >= 4 is 17.6 Å². The van der Waals surface area contributed by atoms with Crippen LogP contribution in [0, 0.1) is 5.82 Å². The molecule has 2 saturated carbocycles. The number of carboxylic acids is 1. The highest BCUT2D eigenvalue weighted by Crippen LogP contribution is 2.46. The number of carbonyl (C=O) groups is 1. The molecule has 170 valence electrons. The van der Waals surface area contributed by atoms with Gasteiger partial charge in [0.2, 0.25) is 0 Å². The van der Waals surface area contributed by atoms with Crippen molar-refractivity contribution in [1.82, 2.24) is 9.88 Å². The number of aromatic carboxylic acids is 1.